The Balaban J connectivity index is 0.00000420. The van der Waals surface area contributed by atoms with Crippen molar-refractivity contribution in [2.75, 3.05) is 11.5 Å². The van der Waals surface area contributed by atoms with E-state index in [0.717, 1.165) is 37.3 Å². The third-order valence-corrected chi connectivity index (χ3v) is 5.21. The van der Waals surface area contributed by atoms with Crippen LogP contribution in [0.25, 0.3) is 0 Å². The maximum atomic E-state index is 6.01. The first-order chi connectivity index (χ1) is 13.7. The molecule has 2 heterocycles. The molecule has 0 bridgehead atoms. The van der Waals surface area contributed by atoms with Crippen molar-refractivity contribution in [3.63, 3.8) is 0 Å². The Morgan fingerprint density at radius 3 is 1.37 bits per heavy atom. The largest absolute Gasteiger partial charge is 1.00 e. The van der Waals surface area contributed by atoms with Crippen LogP contribution < -0.4 is 45.6 Å². The molecule has 0 unspecified atom stereocenters. The number of aryl methyl sites for hydroxylation is 2. The van der Waals surface area contributed by atoms with Gasteiger partial charge in [0.05, 0.1) is 12.8 Å². The molecule has 0 aliphatic rings. The summed E-state index contributed by atoms with van der Waals surface area (Å²) < 4.78 is 14.2. The second kappa shape index (κ2) is 16.2. The van der Waals surface area contributed by atoms with Crippen LogP contribution in [0.3, 0.4) is 0 Å². The summed E-state index contributed by atoms with van der Waals surface area (Å²) >= 11 is 0. The predicted octanol–water partition coefficient (Wildman–Crippen LogP) is -2.86. The van der Waals surface area contributed by atoms with Crippen LogP contribution in [0, 0.1) is 0 Å². The number of unbranched alkanes of at least 4 members (excludes halogenated alkanes) is 8. The van der Waals surface area contributed by atoms with E-state index in [0.29, 0.717) is 24.6 Å². The number of anilines is 2. The molecular formula is C20H38Cl2N6O2. The molecule has 8 nitrogen and oxygen atoms in total. The van der Waals surface area contributed by atoms with E-state index in [9.17, 15) is 0 Å². The number of hydrogen-bond acceptors (Lipinski definition) is 6. The summed E-state index contributed by atoms with van der Waals surface area (Å²) in [5.74, 6) is 0.768. The van der Waals surface area contributed by atoms with Gasteiger partial charge in [0.2, 0.25) is 10.5 Å². The summed E-state index contributed by atoms with van der Waals surface area (Å²) in [6, 6.07) is 0. The number of nitrogens with two attached hydrogens (primary N) is 2. The SMILES string of the molecule is CCCCCCC[n+]1noc(N)c1CCc1c(N)on[n+]1CCCCCCC.[Cl-].[Cl-]. The van der Waals surface area contributed by atoms with Crippen molar-refractivity contribution in [2.45, 2.75) is 104 Å². The lowest BCUT2D eigenvalue weighted by molar-refractivity contribution is -0.772. The third-order valence-electron chi connectivity index (χ3n) is 5.21. The first-order valence-electron chi connectivity index (χ1n) is 11.0. The normalized spacial score (nSPS) is 10.6. The summed E-state index contributed by atoms with van der Waals surface area (Å²) in [7, 11) is 0. The Kier molecular flexibility index (Phi) is 15.4. The highest BCUT2D eigenvalue weighted by Gasteiger charge is 2.27. The van der Waals surface area contributed by atoms with Crippen molar-refractivity contribution in [3.05, 3.63) is 11.4 Å². The van der Waals surface area contributed by atoms with Gasteiger partial charge in [0.1, 0.15) is 0 Å². The summed E-state index contributed by atoms with van der Waals surface area (Å²) in [5.41, 5.74) is 13.9. The highest BCUT2D eigenvalue weighted by Crippen LogP contribution is 2.13. The molecule has 30 heavy (non-hydrogen) atoms. The van der Waals surface area contributed by atoms with Crippen LogP contribution in [-0.4, -0.2) is 10.5 Å². The van der Waals surface area contributed by atoms with Gasteiger partial charge < -0.3 is 36.3 Å². The van der Waals surface area contributed by atoms with E-state index in [1.807, 2.05) is 9.36 Å². The van der Waals surface area contributed by atoms with Gasteiger partial charge in [-0.1, -0.05) is 52.4 Å². The minimum atomic E-state index is 0. The molecular weight excluding hydrogens is 427 g/mol. The smallest absolute Gasteiger partial charge is 0.296 e. The standard InChI is InChI=1S/C20H38N6O2.2ClH/c1-3-5-7-9-11-15-25-17(19(21)27-23-25)13-14-18-20(22)28-24-26(18)16-12-10-8-6-4-2;;/h3-16,21-22H2,1-2H3;2*1H/q+2;;/p-2. The van der Waals surface area contributed by atoms with Crippen LogP contribution in [-0.2, 0) is 25.9 Å². The Morgan fingerprint density at radius 2 is 1.00 bits per heavy atom. The molecule has 0 atom stereocenters. The molecule has 10 heteroatoms. The molecule has 0 aliphatic carbocycles. The van der Waals surface area contributed by atoms with E-state index < -0.39 is 0 Å². The maximum Gasteiger partial charge on any atom is 0.296 e. The van der Waals surface area contributed by atoms with E-state index in [1.54, 1.807) is 0 Å². The first-order valence-corrected chi connectivity index (χ1v) is 11.0. The lowest BCUT2D eigenvalue weighted by Gasteiger charge is -1.98. The van der Waals surface area contributed by atoms with Gasteiger partial charge in [-0.3, -0.25) is 9.05 Å². The van der Waals surface area contributed by atoms with Crippen LogP contribution in [0.1, 0.15) is 89.4 Å². The molecule has 0 aromatic carbocycles. The topological polar surface area (TPSA) is 112 Å². The molecule has 2 rings (SSSR count). The molecule has 0 saturated heterocycles. The Morgan fingerprint density at radius 1 is 0.633 bits per heavy atom. The van der Waals surface area contributed by atoms with Crippen molar-refractivity contribution < 1.29 is 43.2 Å². The van der Waals surface area contributed by atoms with Gasteiger partial charge in [0, 0.05) is 12.8 Å². The number of nitrogens with zero attached hydrogens (tertiary/aromatic N) is 4. The van der Waals surface area contributed by atoms with Crippen molar-refractivity contribution in [1.82, 2.24) is 10.5 Å². The third kappa shape index (κ3) is 9.08. The molecule has 0 aliphatic heterocycles. The first kappa shape index (κ1) is 28.5. The summed E-state index contributed by atoms with van der Waals surface area (Å²) in [6.07, 6.45) is 13.5. The zero-order chi connectivity index (χ0) is 20.2. The van der Waals surface area contributed by atoms with Crippen molar-refractivity contribution in [1.29, 1.82) is 0 Å². The second-order valence-electron chi connectivity index (χ2n) is 7.54. The van der Waals surface area contributed by atoms with E-state index in [-0.39, 0.29) is 24.8 Å². The predicted molar refractivity (Wildman–Crippen MR) is 107 cm³/mol. The maximum absolute atomic E-state index is 6.01. The summed E-state index contributed by atoms with van der Waals surface area (Å²) in [5, 5.41) is 8.19. The monoisotopic (exact) mass is 464 g/mol. The van der Waals surface area contributed by atoms with E-state index in [2.05, 4.69) is 24.4 Å². The Hall–Kier alpha value is -1.54. The molecule has 2 aromatic rings. The molecule has 174 valence electrons. The molecule has 2 aromatic heterocycles. The lowest BCUT2D eigenvalue weighted by Crippen LogP contribution is -3.00. The Labute approximate surface area is 192 Å². The number of rotatable bonds is 15. The molecule has 0 radical (unpaired) electrons. The van der Waals surface area contributed by atoms with Gasteiger partial charge in [-0.05, 0) is 22.2 Å². The van der Waals surface area contributed by atoms with Gasteiger partial charge in [-0.2, -0.15) is 0 Å². The fraction of sp³-hybridized carbons (Fsp3) is 0.800. The summed E-state index contributed by atoms with van der Waals surface area (Å²) in [4.78, 5) is 0. The van der Waals surface area contributed by atoms with Crippen molar-refractivity contribution in [2.24, 2.45) is 0 Å². The zero-order valence-corrected chi connectivity index (χ0v) is 19.9. The van der Waals surface area contributed by atoms with Gasteiger partial charge in [-0.25, -0.2) is 0 Å². The molecule has 0 amide bonds. The second-order valence-corrected chi connectivity index (χ2v) is 7.54. The summed E-state index contributed by atoms with van der Waals surface area (Å²) in [6.45, 7) is 6.10. The molecule has 0 fully saturated rings. The van der Waals surface area contributed by atoms with Crippen molar-refractivity contribution >= 4 is 11.8 Å². The molecule has 0 saturated carbocycles. The van der Waals surface area contributed by atoms with Crippen molar-refractivity contribution in [3.8, 4) is 0 Å². The number of aromatic nitrogens is 4. The number of hydrogen-bond donors (Lipinski definition) is 2. The van der Waals surface area contributed by atoms with E-state index in [4.69, 9.17) is 20.5 Å². The lowest BCUT2D eigenvalue weighted by atomic mass is 10.1. The quantitative estimate of drug-likeness (QED) is 0.216. The van der Waals surface area contributed by atoms with Crippen LogP contribution in [0.15, 0.2) is 9.05 Å². The van der Waals surface area contributed by atoms with Crippen LogP contribution in [0.5, 0.6) is 0 Å². The number of nitrogen functional groups attached to an aromatic ring is 2. The Bertz CT molecular complexity index is 635. The zero-order valence-electron chi connectivity index (χ0n) is 18.4. The van der Waals surface area contributed by atoms with Gasteiger partial charge in [0.15, 0.2) is 13.1 Å². The average Bonchev–Trinajstić information content (AvgIpc) is 3.22. The minimum Gasteiger partial charge on any atom is -1.00 e. The molecule has 4 N–H and O–H groups in total. The van der Waals surface area contributed by atoms with Crippen LogP contribution >= 0.6 is 0 Å². The number of halogens is 2. The molecule has 0 spiro atoms. The van der Waals surface area contributed by atoms with E-state index in [1.165, 1.54) is 51.4 Å². The van der Waals surface area contributed by atoms with Gasteiger partial charge >= 0.3 is 0 Å². The van der Waals surface area contributed by atoms with Gasteiger partial charge in [0.25, 0.3) is 23.2 Å². The van der Waals surface area contributed by atoms with Crippen LogP contribution in [0.4, 0.5) is 11.8 Å². The van der Waals surface area contributed by atoms with Gasteiger partial charge in [-0.15, -0.1) is 0 Å². The van der Waals surface area contributed by atoms with E-state index >= 15 is 0 Å². The fourth-order valence-electron chi connectivity index (χ4n) is 3.47. The highest BCUT2D eigenvalue weighted by atomic mass is 35.5. The minimum absolute atomic E-state index is 0. The fourth-order valence-corrected chi connectivity index (χ4v) is 3.47. The van der Waals surface area contributed by atoms with Crippen LogP contribution in [0.2, 0.25) is 0 Å². The average molecular weight is 465 g/mol. The highest BCUT2D eigenvalue weighted by molar-refractivity contribution is 5.29.